The molecule has 0 radical (unpaired) electrons. The molecule has 2 amide bonds. The highest BCUT2D eigenvalue weighted by Crippen LogP contribution is 2.19. The van der Waals surface area contributed by atoms with Crippen LogP contribution < -0.4 is 10.6 Å². The average molecular weight is 364 g/mol. The van der Waals surface area contributed by atoms with Crippen LogP contribution in [-0.4, -0.2) is 43.8 Å². The Morgan fingerprint density at radius 2 is 1.65 bits per heavy atom. The number of alkyl carbamates (subject to hydrolysis) is 1. The minimum Gasteiger partial charge on any atom is -0.467 e. The standard InChI is InChI=1S/C19H28N2O5/c1-11-8-13(16(22)20-6)9-12(2)14(11)10-15(17(23)25-7)21-18(24)26-19(3,4)5/h8-9,15H,10H2,1-7H3,(H,20,22)(H,21,24)/t15-/m0/s1. The van der Waals surface area contributed by atoms with Crippen molar-refractivity contribution in [3.8, 4) is 0 Å². The second-order valence-electron chi connectivity index (χ2n) is 7.09. The largest absolute Gasteiger partial charge is 0.467 e. The van der Waals surface area contributed by atoms with Gasteiger partial charge < -0.3 is 20.1 Å². The van der Waals surface area contributed by atoms with E-state index in [1.54, 1.807) is 40.0 Å². The van der Waals surface area contributed by atoms with Crippen LogP contribution in [0.3, 0.4) is 0 Å². The number of aryl methyl sites for hydroxylation is 2. The van der Waals surface area contributed by atoms with E-state index in [0.717, 1.165) is 16.7 Å². The summed E-state index contributed by atoms with van der Waals surface area (Å²) < 4.78 is 10.0. The van der Waals surface area contributed by atoms with Gasteiger partial charge in [0.1, 0.15) is 11.6 Å². The van der Waals surface area contributed by atoms with Crippen LogP contribution in [0, 0.1) is 13.8 Å². The second kappa shape index (κ2) is 8.69. The quantitative estimate of drug-likeness (QED) is 0.782. The Balaban J connectivity index is 3.07. The highest BCUT2D eigenvalue weighted by Gasteiger charge is 2.26. The van der Waals surface area contributed by atoms with Crippen LogP contribution in [0.4, 0.5) is 4.79 Å². The Hall–Kier alpha value is -2.57. The zero-order valence-corrected chi connectivity index (χ0v) is 16.5. The lowest BCUT2D eigenvalue weighted by molar-refractivity contribution is -0.143. The number of ether oxygens (including phenoxy) is 2. The highest BCUT2D eigenvalue weighted by molar-refractivity contribution is 5.94. The predicted octanol–water partition coefficient (Wildman–Crippen LogP) is 2.27. The lowest BCUT2D eigenvalue weighted by Gasteiger charge is -2.23. The molecule has 0 heterocycles. The Morgan fingerprint density at radius 1 is 1.12 bits per heavy atom. The van der Waals surface area contributed by atoms with Gasteiger partial charge in [-0.25, -0.2) is 9.59 Å². The number of hydrogen-bond donors (Lipinski definition) is 2. The zero-order valence-electron chi connectivity index (χ0n) is 16.5. The van der Waals surface area contributed by atoms with Crippen LogP contribution in [-0.2, 0) is 20.7 Å². The maximum atomic E-state index is 12.1. The molecule has 0 saturated heterocycles. The Labute approximate surface area is 154 Å². The van der Waals surface area contributed by atoms with Crippen molar-refractivity contribution in [3.63, 3.8) is 0 Å². The number of carbonyl (C=O) groups excluding carboxylic acids is 3. The van der Waals surface area contributed by atoms with Gasteiger partial charge in [0.25, 0.3) is 5.91 Å². The minimum absolute atomic E-state index is 0.181. The van der Waals surface area contributed by atoms with Crippen molar-refractivity contribution in [2.75, 3.05) is 14.2 Å². The predicted molar refractivity (Wildman–Crippen MR) is 98.2 cm³/mol. The summed E-state index contributed by atoms with van der Waals surface area (Å²) in [6.45, 7) is 8.94. The molecule has 0 fully saturated rings. The molecule has 2 N–H and O–H groups in total. The molecule has 0 aromatic heterocycles. The minimum atomic E-state index is -0.891. The van der Waals surface area contributed by atoms with Crippen molar-refractivity contribution in [2.45, 2.75) is 52.7 Å². The molecule has 0 spiro atoms. The zero-order chi connectivity index (χ0) is 20.1. The van der Waals surface area contributed by atoms with Gasteiger partial charge in [-0.3, -0.25) is 4.79 Å². The van der Waals surface area contributed by atoms with Crippen LogP contribution in [0.25, 0.3) is 0 Å². The summed E-state index contributed by atoms with van der Waals surface area (Å²) in [6, 6.07) is 2.62. The van der Waals surface area contributed by atoms with E-state index >= 15 is 0 Å². The number of rotatable bonds is 5. The smallest absolute Gasteiger partial charge is 0.408 e. The molecule has 144 valence electrons. The fourth-order valence-electron chi connectivity index (χ4n) is 2.58. The Morgan fingerprint density at radius 3 is 2.08 bits per heavy atom. The van der Waals surface area contributed by atoms with Gasteiger partial charge in [0.15, 0.2) is 0 Å². The van der Waals surface area contributed by atoms with E-state index < -0.39 is 23.7 Å². The van der Waals surface area contributed by atoms with Gasteiger partial charge >= 0.3 is 12.1 Å². The second-order valence-corrected chi connectivity index (χ2v) is 7.09. The molecule has 7 nitrogen and oxygen atoms in total. The molecule has 1 atom stereocenters. The lowest BCUT2D eigenvalue weighted by Crippen LogP contribution is -2.45. The van der Waals surface area contributed by atoms with E-state index in [1.165, 1.54) is 7.11 Å². The molecular weight excluding hydrogens is 336 g/mol. The first-order chi connectivity index (χ1) is 12.0. The number of hydrogen-bond acceptors (Lipinski definition) is 5. The molecule has 0 unspecified atom stereocenters. The van der Waals surface area contributed by atoms with Crippen LogP contribution in [0.2, 0.25) is 0 Å². The molecule has 0 aliphatic carbocycles. The summed E-state index contributed by atoms with van der Waals surface area (Å²) in [5, 5.41) is 5.15. The van der Waals surface area contributed by atoms with E-state index in [0.29, 0.717) is 5.56 Å². The maximum absolute atomic E-state index is 12.1. The monoisotopic (exact) mass is 364 g/mol. The summed E-state index contributed by atoms with van der Waals surface area (Å²) in [5.74, 6) is -0.746. The van der Waals surface area contributed by atoms with Crippen LogP contribution >= 0.6 is 0 Å². The third kappa shape index (κ3) is 6.06. The van der Waals surface area contributed by atoms with E-state index in [2.05, 4.69) is 10.6 Å². The molecule has 0 bridgehead atoms. The van der Waals surface area contributed by atoms with Crippen molar-refractivity contribution in [2.24, 2.45) is 0 Å². The lowest BCUT2D eigenvalue weighted by atomic mass is 9.94. The molecule has 0 aliphatic heterocycles. The Kier molecular flexibility index (Phi) is 7.18. The van der Waals surface area contributed by atoms with Gasteiger partial charge in [-0.15, -0.1) is 0 Å². The van der Waals surface area contributed by atoms with E-state index in [1.807, 2.05) is 13.8 Å². The maximum Gasteiger partial charge on any atom is 0.408 e. The SMILES string of the molecule is CNC(=O)c1cc(C)c(C[C@H](NC(=O)OC(C)(C)C)C(=O)OC)c(C)c1. The number of nitrogens with one attached hydrogen (secondary N) is 2. The van der Waals surface area contributed by atoms with Gasteiger partial charge in [0.2, 0.25) is 0 Å². The van der Waals surface area contributed by atoms with Gasteiger partial charge in [-0.1, -0.05) is 0 Å². The Bertz CT molecular complexity index is 669. The van der Waals surface area contributed by atoms with Crippen LogP contribution in [0.5, 0.6) is 0 Å². The molecule has 1 aromatic rings. The topological polar surface area (TPSA) is 93.7 Å². The number of amides is 2. The van der Waals surface area contributed by atoms with E-state index in [9.17, 15) is 14.4 Å². The molecular formula is C19H28N2O5. The van der Waals surface area contributed by atoms with Crippen molar-refractivity contribution in [1.82, 2.24) is 10.6 Å². The summed E-state index contributed by atoms with van der Waals surface area (Å²) in [4.78, 5) is 36.0. The first-order valence-corrected chi connectivity index (χ1v) is 8.38. The molecule has 26 heavy (non-hydrogen) atoms. The third-order valence-electron chi connectivity index (χ3n) is 3.77. The summed E-state index contributed by atoms with van der Waals surface area (Å²) in [5.41, 5.74) is 2.43. The number of carbonyl (C=O) groups is 3. The summed E-state index contributed by atoms with van der Waals surface area (Å²) in [7, 11) is 2.83. The van der Waals surface area contributed by atoms with Gasteiger partial charge in [0, 0.05) is 19.0 Å². The van der Waals surface area contributed by atoms with Crippen molar-refractivity contribution < 1.29 is 23.9 Å². The first-order valence-electron chi connectivity index (χ1n) is 8.38. The third-order valence-corrected chi connectivity index (χ3v) is 3.77. The molecule has 0 saturated carbocycles. The normalized spacial score (nSPS) is 12.1. The molecule has 7 heteroatoms. The van der Waals surface area contributed by atoms with Gasteiger partial charge in [-0.05, 0) is 63.4 Å². The van der Waals surface area contributed by atoms with Gasteiger partial charge in [-0.2, -0.15) is 0 Å². The van der Waals surface area contributed by atoms with Crippen LogP contribution in [0.15, 0.2) is 12.1 Å². The number of esters is 1. The number of methoxy groups -OCH3 is 1. The van der Waals surface area contributed by atoms with Gasteiger partial charge in [0.05, 0.1) is 7.11 Å². The molecule has 1 aromatic carbocycles. The summed E-state index contributed by atoms with van der Waals surface area (Å²) >= 11 is 0. The van der Waals surface area contributed by atoms with Crippen molar-refractivity contribution >= 4 is 18.0 Å². The fourth-order valence-corrected chi connectivity index (χ4v) is 2.58. The number of benzene rings is 1. The fraction of sp³-hybridized carbons (Fsp3) is 0.526. The first kappa shape index (κ1) is 21.5. The van der Waals surface area contributed by atoms with Crippen molar-refractivity contribution in [3.05, 3.63) is 34.4 Å². The highest BCUT2D eigenvalue weighted by atomic mass is 16.6. The molecule has 1 rings (SSSR count). The van der Waals surface area contributed by atoms with E-state index in [-0.39, 0.29) is 12.3 Å². The van der Waals surface area contributed by atoms with Crippen molar-refractivity contribution in [1.29, 1.82) is 0 Å². The van der Waals surface area contributed by atoms with E-state index in [4.69, 9.17) is 9.47 Å². The summed E-state index contributed by atoms with van der Waals surface area (Å²) in [6.07, 6.45) is -0.456. The molecule has 0 aliphatic rings. The van der Waals surface area contributed by atoms with Crippen LogP contribution in [0.1, 0.15) is 47.8 Å². The average Bonchev–Trinajstić information content (AvgIpc) is 2.53.